The molecule has 2 aliphatic heterocycles. The van der Waals surface area contributed by atoms with Crippen molar-refractivity contribution in [1.29, 1.82) is 0 Å². The molecule has 0 saturated carbocycles. The highest BCUT2D eigenvalue weighted by molar-refractivity contribution is 5.74. The van der Waals surface area contributed by atoms with E-state index in [0.29, 0.717) is 12.4 Å². The van der Waals surface area contributed by atoms with Crippen LogP contribution < -0.4 is 9.47 Å². The lowest BCUT2D eigenvalue weighted by molar-refractivity contribution is 0.0727. The van der Waals surface area contributed by atoms with Crippen LogP contribution in [0.1, 0.15) is 12.8 Å². The van der Waals surface area contributed by atoms with Gasteiger partial charge in [0.2, 0.25) is 5.88 Å². The summed E-state index contributed by atoms with van der Waals surface area (Å²) in [5.74, 6) is 0.487. The number of piperazine rings is 1. The van der Waals surface area contributed by atoms with Gasteiger partial charge < -0.3 is 24.2 Å². The second-order valence-electron chi connectivity index (χ2n) is 6.28. The molecule has 132 valence electrons. The van der Waals surface area contributed by atoms with E-state index in [1.165, 1.54) is 7.11 Å². The number of carbonyl (C=O) groups is 1. The molecule has 1 atom stereocenters. The Hall–Kier alpha value is -2.09. The van der Waals surface area contributed by atoms with E-state index in [1.54, 1.807) is 12.3 Å². The van der Waals surface area contributed by atoms with Gasteiger partial charge in [-0.15, -0.1) is 0 Å². The van der Waals surface area contributed by atoms with E-state index in [9.17, 15) is 4.79 Å². The number of ether oxygens (including phenoxy) is 2. The third kappa shape index (κ3) is 4.05. The third-order valence-corrected chi connectivity index (χ3v) is 4.50. The minimum Gasteiger partial charge on any atom is -0.472 e. The number of carbonyl (C=O) groups excluding carboxylic acids is 1. The Morgan fingerprint density at radius 3 is 2.75 bits per heavy atom. The van der Waals surface area contributed by atoms with E-state index in [2.05, 4.69) is 21.9 Å². The van der Waals surface area contributed by atoms with Gasteiger partial charge in [-0.1, -0.05) is 0 Å². The zero-order valence-corrected chi connectivity index (χ0v) is 14.3. The average Bonchev–Trinajstić information content (AvgIpc) is 2.62. The van der Waals surface area contributed by atoms with Gasteiger partial charge in [0, 0.05) is 45.0 Å². The normalized spacial score (nSPS) is 22.3. The number of likely N-dealkylation sites (tertiary alicyclic amines) is 1. The molecule has 2 aliphatic rings. The summed E-state index contributed by atoms with van der Waals surface area (Å²) in [7, 11) is 3.61. The highest BCUT2D eigenvalue weighted by Crippen LogP contribution is 2.19. The zero-order chi connectivity index (χ0) is 16.9. The number of rotatable bonds is 3. The molecule has 0 bridgehead atoms. The van der Waals surface area contributed by atoms with Gasteiger partial charge in [0.25, 0.3) is 0 Å². The van der Waals surface area contributed by atoms with Crippen LogP contribution in [0.15, 0.2) is 12.3 Å². The van der Waals surface area contributed by atoms with Gasteiger partial charge in [-0.3, -0.25) is 0 Å². The molecule has 0 N–H and O–H groups in total. The van der Waals surface area contributed by atoms with Crippen molar-refractivity contribution in [3.8, 4) is 11.9 Å². The Morgan fingerprint density at radius 1 is 1.21 bits per heavy atom. The largest absolute Gasteiger partial charge is 0.472 e. The van der Waals surface area contributed by atoms with Crippen molar-refractivity contribution < 1.29 is 14.3 Å². The smallest absolute Gasteiger partial charge is 0.320 e. The SMILES string of the molecule is COc1nccc(OC2CCCN(C(=O)N3CCN(C)CC3)C2)n1. The molecule has 1 aromatic rings. The van der Waals surface area contributed by atoms with E-state index in [1.807, 2.05) is 9.80 Å². The molecular weight excluding hydrogens is 310 g/mol. The van der Waals surface area contributed by atoms with Crippen LogP contribution in [0.25, 0.3) is 0 Å². The summed E-state index contributed by atoms with van der Waals surface area (Å²) in [5, 5.41) is 0. The number of hydrogen-bond donors (Lipinski definition) is 0. The molecular formula is C16H25N5O3. The first-order chi connectivity index (χ1) is 11.7. The molecule has 0 aromatic carbocycles. The minimum absolute atomic E-state index is 0.0465. The molecule has 3 rings (SSSR count). The van der Waals surface area contributed by atoms with Crippen molar-refractivity contribution in [2.45, 2.75) is 18.9 Å². The fraction of sp³-hybridized carbons (Fsp3) is 0.688. The molecule has 1 aromatic heterocycles. The van der Waals surface area contributed by atoms with E-state index in [0.717, 1.165) is 45.6 Å². The fourth-order valence-corrected chi connectivity index (χ4v) is 3.07. The summed E-state index contributed by atoms with van der Waals surface area (Å²) in [6, 6.07) is 2.12. The Bertz CT molecular complexity index is 562. The third-order valence-electron chi connectivity index (χ3n) is 4.50. The summed E-state index contributed by atoms with van der Waals surface area (Å²) < 4.78 is 10.9. The molecule has 8 nitrogen and oxygen atoms in total. The lowest BCUT2D eigenvalue weighted by Gasteiger charge is -2.39. The first-order valence-electron chi connectivity index (χ1n) is 8.42. The maximum absolute atomic E-state index is 12.7. The number of nitrogens with zero attached hydrogens (tertiary/aromatic N) is 5. The van der Waals surface area contributed by atoms with Gasteiger partial charge in [0.15, 0.2) is 0 Å². The van der Waals surface area contributed by atoms with Crippen molar-refractivity contribution in [1.82, 2.24) is 24.7 Å². The highest BCUT2D eigenvalue weighted by atomic mass is 16.5. The standard InChI is InChI=1S/C16H25N5O3/c1-19-8-10-20(11-9-19)16(22)21-7-3-4-13(12-21)24-14-5-6-17-15(18-14)23-2/h5-6,13H,3-4,7-12H2,1-2H3. The quantitative estimate of drug-likeness (QED) is 0.810. The number of amides is 2. The van der Waals surface area contributed by atoms with Crippen LogP contribution >= 0.6 is 0 Å². The van der Waals surface area contributed by atoms with Crippen LogP contribution in [0.5, 0.6) is 11.9 Å². The van der Waals surface area contributed by atoms with Gasteiger partial charge >= 0.3 is 12.0 Å². The van der Waals surface area contributed by atoms with Crippen LogP contribution in [0.4, 0.5) is 4.79 Å². The Balaban J connectivity index is 1.56. The van der Waals surface area contributed by atoms with Crippen molar-refractivity contribution in [2.75, 3.05) is 53.4 Å². The van der Waals surface area contributed by atoms with Crippen molar-refractivity contribution in [3.05, 3.63) is 12.3 Å². The first kappa shape index (κ1) is 16.8. The van der Waals surface area contributed by atoms with Gasteiger partial charge in [-0.2, -0.15) is 4.98 Å². The molecule has 1 unspecified atom stereocenters. The molecule has 2 fully saturated rings. The monoisotopic (exact) mass is 335 g/mol. The first-order valence-corrected chi connectivity index (χ1v) is 8.42. The van der Waals surface area contributed by atoms with Gasteiger partial charge in [0.1, 0.15) is 6.10 Å². The molecule has 0 spiro atoms. The molecule has 3 heterocycles. The summed E-state index contributed by atoms with van der Waals surface area (Å²) in [4.78, 5) is 26.9. The second-order valence-corrected chi connectivity index (χ2v) is 6.28. The number of piperidine rings is 1. The van der Waals surface area contributed by atoms with E-state index in [4.69, 9.17) is 9.47 Å². The Morgan fingerprint density at radius 2 is 2.00 bits per heavy atom. The van der Waals surface area contributed by atoms with Crippen LogP contribution in [-0.4, -0.2) is 90.2 Å². The number of aromatic nitrogens is 2. The molecule has 2 saturated heterocycles. The highest BCUT2D eigenvalue weighted by Gasteiger charge is 2.29. The van der Waals surface area contributed by atoms with E-state index >= 15 is 0 Å². The van der Waals surface area contributed by atoms with Gasteiger partial charge in [0.05, 0.1) is 13.7 Å². The average molecular weight is 335 g/mol. The zero-order valence-electron chi connectivity index (χ0n) is 14.3. The number of likely N-dealkylation sites (N-methyl/N-ethyl adjacent to an activating group) is 1. The summed E-state index contributed by atoms with van der Waals surface area (Å²) >= 11 is 0. The molecule has 0 aliphatic carbocycles. The van der Waals surface area contributed by atoms with Gasteiger partial charge in [-0.05, 0) is 19.9 Å². The van der Waals surface area contributed by atoms with Crippen molar-refractivity contribution in [2.24, 2.45) is 0 Å². The van der Waals surface area contributed by atoms with Crippen LogP contribution in [-0.2, 0) is 0 Å². The number of urea groups is 1. The predicted octanol–water partition coefficient (Wildman–Crippen LogP) is 0.696. The Labute approximate surface area is 142 Å². The molecule has 24 heavy (non-hydrogen) atoms. The lowest BCUT2D eigenvalue weighted by atomic mass is 10.1. The molecule has 2 amide bonds. The lowest BCUT2D eigenvalue weighted by Crippen LogP contribution is -2.54. The van der Waals surface area contributed by atoms with Crippen LogP contribution in [0.3, 0.4) is 0 Å². The predicted molar refractivity (Wildman–Crippen MR) is 88.3 cm³/mol. The molecule has 8 heteroatoms. The topological polar surface area (TPSA) is 71.0 Å². The minimum atomic E-state index is -0.0465. The number of methoxy groups -OCH3 is 1. The Kier molecular flexibility index (Phi) is 5.34. The van der Waals surface area contributed by atoms with Crippen molar-refractivity contribution in [3.63, 3.8) is 0 Å². The van der Waals surface area contributed by atoms with Crippen molar-refractivity contribution >= 4 is 6.03 Å². The fourth-order valence-electron chi connectivity index (χ4n) is 3.07. The van der Waals surface area contributed by atoms with Crippen LogP contribution in [0, 0.1) is 0 Å². The molecule has 0 radical (unpaired) electrons. The van der Waals surface area contributed by atoms with Gasteiger partial charge in [-0.25, -0.2) is 9.78 Å². The van der Waals surface area contributed by atoms with E-state index in [-0.39, 0.29) is 18.1 Å². The maximum Gasteiger partial charge on any atom is 0.320 e. The summed E-state index contributed by atoms with van der Waals surface area (Å²) in [6.07, 6.45) is 3.41. The maximum atomic E-state index is 12.7. The summed E-state index contributed by atoms with van der Waals surface area (Å²) in [6.45, 7) is 4.83. The number of hydrogen-bond acceptors (Lipinski definition) is 6. The van der Waals surface area contributed by atoms with E-state index < -0.39 is 0 Å². The second kappa shape index (κ2) is 7.65. The summed E-state index contributed by atoms with van der Waals surface area (Å²) in [5.41, 5.74) is 0. The van der Waals surface area contributed by atoms with Crippen LogP contribution in [0.2, 0.25) is 0 Å².